The fraction of sp³-hybridized carbons (Fsp3) is 0.643. The second-order valence-electron chi connectivity index (χ2n) is 5.57. The maximum Gasteiger partial charge on any atom is 0.355 e. The molecule has 0 aliphatic heterocycles. The molecule has 1 rings (SSSR count). The maximum atomic E-state index is 11.8. The first-order valence-electron chi connectivity index (χ1n) is 6.18. The van der Waals surface area contributed by atoms with Crippen LogP contribution in [0.2, 0.25) is 0 Å². The van der Waals surface area contributed by atoms with Crippen LogP contribution in [0.1, 0.15) is 50.2 Å². The Morgan fingerprint density at radius 1 is 1.41 bits per heavy atom. The van der Waals surface area contributed by atoms with Crippen molar-refractivity contribution in [3.8, 4) is 0 Å². The van der Waals surface area contributed by atoms with Crippen LogP contribution < -0.4 is 0 Å². The molecule has 0 aliphatic carbocycles. The van der Waals surface area contributed by atoms with E-state index in [-0.39, 0.29) is 11.4 Å². The minimum absolute atomic E-state index is 0.219. The van der Waals surface area contributed by atoms with E-state index in [1.54, 1.807) is 0 Å². The van der Waals surface area contributed by atoms with Crippen LogP contribution in [0.15, 0.2) is 12.3 Å². The molecule has 0 saturated carbocycles. The lowest BCUT2D eigenvalue weighted by molar-refractivity contribution is 0.0512. The van der Waals surface area contributed by atoms with Gasteiger partial charge in [0, 0.05) is 12.7 Å². The third kappa shape index (κ3) is 3.91. The van der Waals surface area contributed by atoms with Gasteiger partial charge in [0.15, 0.2) is 0 Å². The molecule has 0 amide bonds. The van der Waals surface area contributed by atoms with Crippen molar-refractivity contribution in [1.82, 2.24) is 4.57 Å². The van der Waals surface area contributed by atoms with Gasteiger partial charge in [0.2, 0.25) is 0 Å². The summed E-state index contributed by atoms with van der Waals surface area (Å²) < 4.78 is 7.08. The average Bonchev–Trinajstić information content (AvgIpc) is 2.56. The number of hydrogen-bond acceptors (Lipinski definition) is 2. The van der Waals surface area contributed by atoms with Gasteiger partial charge < -0.3 is 9.30 Å². The number of esters is 1. The highest BCUT2D eigenvalue weighted by atomic mass is 16.5. The molecule has 3 heteroatoms. The Morgan fingerprint density at radius 3 is 2.59 bits per heavy atom. The number of nitrogens with zero attached hydrogens (tertiary/aromatic N) is 1. The van der Waals surface area contributed by atoms with Gasteiger partial charge in [0.05, 0.1) is 6.61 Å². The van der Waals surface area contributed by atoms with Crippen molar-refractivity contribution >= 4 is 5.97 Å². The Hall–Kier alpha value is -1.25. The van der Waals surface area contributed by atoms with Crippen molar-refractivity contribution in [2.45, 2.75) is 47.6 Å². The van der Waals surface area contributed by atoms with Crippen LogP contribution >= 0.6 is 0 Å². The molecule has 1 aromatic heterocycles. The molecule has 0 aliphatic rings. The van der Waals surface area contributed by atoms with Crippen LogP contribution in [0.4, 0.5) is 0 Å². The second kappa shape index (κ2) is 5.39. The van der Waals surface area contributed by atoms with E-state index in [0.717, 1.165) is 18.5 Å². The average molecular weight is 237 g/mol. The standard InChI is InChI=1S/C14H23NO2/c1-6-17-13(16)12-11(2)7-9-15(12)10-8-14(3,4)5/h7,9H,6,8,10H2,1-5H3. The highest BCUT2D eigenvalue weighted by molar-refractivity contribution is 5.89. The molecule has 0 unspecified atom stereocenters. The number of hydrogen-bond donors (Lipinski definition) is 0. The predicted molar refractivity (Wildman–Crippen MR) is 69.2 cm³/mol. The van der Waals surface area contributed by atoms with Gasteiger partial charge in [-0.25, -0.2) is 4.79 Å². The molecular weight excluding hydrogens is 214 g/mol. The van der Waals surface area contributed by atoms with Gasteiger partial charge in [0.1, 0.15) is 5.69 Å². The predicted octanol–water partition coefficient (Wildman–Crippen LogP) is 3.41. The smallest absolute Gasteiger partial charge is 0.355 e. The highest BCUT2D eigenvalue weighted by Crippen LogP contribution is 2.21. The number of aromatic nitrogens is 1. The van der Waals surface area contributed by atoms with Crippen molar-refractivity contribution in [1.29, 1.82) is 0 Å². The Balaban J connectivity index is 2.83. The Bertz CT molecular complexity index is 385. The Kier molecular flexibility index (Phi) is 4.38. The van der Waals surface area contributed by atoms with Crippen molar-refractivity contribution in [3.63, 3.8) is 0 Å². The molecule has 96 valence electrons. The van der Waals surface area contributed by atoms with Crippen molar-refractivity contribution < 1.29 is 9.53 Å². The van der Waals surface area contributed by atoms with E-state index in [1.165, 1.54) is 0 Å². The molecular formula is C14H23NO2. The van der Waals surface area contributed by atoms with Gasteiger partial charge in [-0.05, 0) is 37.3 Å². The SMILES string of the molecule is CCOC(=O)c1c(C)ccn1CCC(C)(C)C. The normalized spacial score (nSPS) is 11.6. The van der Waals surface area contributed by atoms with Crippen LogP contribution in [-0.2, 0) is 11.3 Å². The van der Waals surface area contributed by atoms with Gasteiger partial charge in [-0.3, -0.25) is 0 Å². The quantitative estimate of drug-likeness (QED) is 0.751. The first kappa shape index (κ1) is 13.8. The summed E-state index contributed by atoms with van der Waals surface area (Å²) in [5, 5.41) is 0. The molecule has 0 saturated heterocycles. The van der Waals surface area contributed by atoms with E-state index in [1.807, 2.05) is 30.7 Å². The zero-order valence-electron chi connectivity index (χ0n) is 11.5. The van der Waals surface area contributed by atoms with Crippen molar-refractivity contribution in [2.24, 2.45) is 5.41 Å². The largest absolute Gasteiger partial charge is 0.461 e. The lowest BCUT2D eigenvalue weighted by Gasteiger charge is -2.19. The fourth-order valence-corrected chi connectivity index (χ4v) is 1.70. The van der Waals surface area contributed by atoms with Crippen LogP contribution in [-0.4, -0.2) is 17.1 Å². The number of ether oxygens (including phenoxy) is 1. The van der Waals surface area contributed by atoms with Crippen LogP contribution in [0.5, 0.6) is 0 Å². The lowest BCUT2D eigenvalue weighted by Crippen LogP contribution is -2.16. The Labute approximate surface area is 104 Å². The first-order valence-corrected chi connectivity index (χ1v) is 6.18. The molecule has 1 heterocycles. The van der Waals surface area contributed by atoms with E-state index in [2.05, 4.69) is 20.8 Å². The second-order valence-corrected chi connectivity index (χ2v) is 5.57. The molecule has 0 fully saturated rings. The number of carbonyl (C=O) groups is 1. The maximum absolute atomic E-state index is 11.8. The minimum Gasteiger partial charge on any atom is -0.461 e. The summed E-state index contributed by atoms with van der Waals surface area (Å²) in [6.45, 7) is 11.7. The van der Waals surface area contributed by atoms with E-state index < -0.39 is 0 Å². The van der Waals surface area contributed by atoms with E-state index in [9.17, 15) is 4.79 Å². The van der Waals surface area contributed by atoms with Crippen LogP contribution in [0.25, 0.3) is 0 Å². The zero-order valence-corrected chi connectivity index (χ0v) is 11.5. The minimum atomic E-state index is -0.219. The van der Waals surface area contributed by atoms with Crippen molar-refractivity contribution in [2.75, 3.05) is 6.61 Å². The highest BCUT2D eigenvalue weighted by Gasteiger charge is 2.17. The third-order valence-electron chi connectivity index (χ3n) is 2.74. The Morgan fingerprint density at radius 2 is 2.06 bits per heavy atom. The van der Waals surface area contributed by atoms with Gasteiger partial charge in [-0.15, -0.1) is 0 Å². The topological polar surface area (TPSA) is 31.2 Å². The van der Waals surface area contributed by atoms with Gasteiger partial charge in [-0.1, -0.05) is 20.8 Å². The molecule has 1 aromatic rings. The van der Waals surface area contributed by atoms with E-state index in [0.29, 0.717) is 12.3 Å². The summed E-state index contributed by atoms with van der Waals surface area (Å²) in [7, 11) is 0. The molecule has 0 radical (unpaired) electrons. The van der Waals surface area contributed by atoms with Crippen LogP contribution in [0.3, 0.4) is 0 Å². The van der Waals surface area contributed by atoms with Gasteiger partial charge in [0.25, 0.3) is 0 Å². The molecule has 3 nitrogen and oxygen atoms in total. The fourth-order valence-electron chi connectivity index (χ4n) is 1.70. The molecule has 17 heavy (non-hydrogen) atoms. The zero-order chi connectivity index (χ0) is 13.1. The number of rotatable bonds is 4. The summed E-state index contributed by atoms with van der Waals surface area (Å²) >= 11 is 0. The van der Waals surface area contributed by atoms with Gasteiger partial charge in [-0.2, -0.15) is 0 Å². The van der Waals surface area contributed by atoms with Gasteiger partial charge >= 0.3 is 5.97 Å². The summed E-state index contributed by atoms with van der Waals surface area (Å²) in [4.78, 5) is 11.8. The summed E-state index contributed by atoms with van der Waals surface area (Å²) in [6, 6.07) is 1.97. The summed E-state index contributed by atoms with van der Waals surface area (Å²) in [6.07, 6.45) is 3.00. The third-order valence-corrected chi connectivity index (χ3v) is 2.74. The molecule has 0 bridgehead atoms. The van der Waals surface area contributed by atoms with E-state index >= 15 is 0 Å². The molecule has 0 spiro atoms. The number of carbonyl (C=O) groups excluding carboxylic acids is 1. The summed E-state index contributed by atoms with van der Waals surface area (Å²) in [5.41, 5.74) is 1.94. The number of aryl methyl sites for hydroxylation is 2. The van der Waals surface area contributed by atoms with Crippen LogP contribution in [0, 0.1) is 12.3 Å². The molecule has 0 atom stereocenters. The molecule has 0 N–H and O–H groups in total. The summed E-state index contributed by atoms with van der Waals surface area (Å²) in [5.74, 6) is -0.219. The lowest BCUT2D eigenvalue weighted by atomic mass is 9.92. The van der Waals surface area contributed by atoms with E-state index in [4.69, 9.17) is 4.74 Å². The monoisotopic (exact) mass is 237 g/mol. The first-order chi connectivity index (χ1) is 7.85. The molecule has 0 aromatic carbocycles. The van der Waals surface area contributed by atoms with Crippen molar-refractivity contribution in [3.05, 3.63) is 23.5 Å².